The molecule has 0 spiro atoms. The highest BCUT2D eigenvalue weighted by molar-refractivity contribution is 6.04. The Morgan fingerprint density at radius 2 is 2.06 bits per heavy atom. The van der Waals surface area contributed by atoms with Crippen LogP contribution in [0.2, 0.25) is 0 Å². The molecule has 2 amide bonds. The summed E-state index contributed by atoms with van der Waals surface area (Å²) in [6, 6.07) is 7.43. The van der Waals surface area contributed by atoms with Crippen molar-refractivity contribution in [1.29, 1.82) is 0 Å². The van der Waals surface area contributed by atoms with E-state index in [1.165, 1.54) is 4.90 Å². The molecular weight excluding hydrogens is 234 g/mol. The summed E-state index contributed by atoms with van der Waals surface area (Å²) in [6.45, 7) is 0.728. The third-order valence-corrected chi connectivity index (χ3v) is 2.71. The van der Waals surface area contributed by atoms with Crippen LogP contribution in [0.1, 0.15) is 5.56 Å². The van der Waals surface area contributed by atoms with Gasteiger partial charge in [-0.25, -0.2) is 0 Å². The fraction of sp³-hybridized carbons (Fsp3) is 0.333. The average molecular weight is 249 g/mol. The molecule has 1 aromatic carbocycles. The molecule has 0 aliphatic carbocycles. The molecule has 6 nitrogen and oxygen atoms in total. The number of hydroxylamine groups is 1. The summed E-state index contributed by atoms with van der Waals surface area (Å²) in [6.07, 6.45) is 0. The zero-order valence-corrected chi connectivity index (χ0v) is 10.1. The molecule has 1 fully saturated rings. The number of rotatable bonds is 4. The summed E-state index contributed by atoms with van der Waals surface area (Å²) in [5.41, 5.74) is 4.50. The molecule has 0 atom stereocenters. The highest BCUT2D eigenvalue weighted by Crippen LogP contribution is 2.16. The van der Waals surface area contributed by atoms with Gasteiger partial charge >= 0.3 is 0 Å². The molecule has 1 aliphatic rings. The summed E-state index contributed by atoms with van der Waals surface area (Å²) in [4.78, 5) is 29.2. The molecule has 0 saturated carbocycles. The molecule has 2 rings (SSSR count). The van der Waals surface area contributed by atoms with E-state index in [2.05, 4.69) is 10.8 Å². The first-order chi connectivity index (χ1) is 8.70. The van der Waals surface area contributed by atoms with E-state index in [0.717, 1.165) is 11.3 Å². The maximum absolute atomic E-state index is 11.7. The van der Waals surface area contributed by atoms with Crippen molar-refractivity contribution in [2.45, 2.75) is 6.54 Å². The highest BCUT2D eigenvalue weighted by Gasteiger charge is 2.24. The van der Waals surface area contributed by atoms with Gasteiger partial charge in [-0.15, -0.1) is 0 Å². The Labute approximate surface area is 105 Å². The van der Waals surface area contributed by atoms with Crippen molar-refractivity contribution in [2.75, 3.05) is 25.1 Å². The summed E-state index contributed by atoms with van der Waals surface area (Å²) in [5.74, 6) is -0.239. The van der Waals surface area contributed by atoms with Gasteiger partial charge in [-0.2, -0.15) is 5.48 Å². The second-order valence-electron chi connectivity index (χ2n) is 3.95. The minimum atomic E-state index is -0.139. The molecule has 1 saturated heterocycles. The van der Waals surface area contributed by atoms with Crippen LogP contribution in [0.25, 0.3) is 0 Å². The standard InChI is InChI=1S/C12H15N3O3/c1-18-14-6-9-2-4-10(5-3-9)15-8-11(16)13-7-12(15)17/h2-5,14H,6-8H2,1H3,(H,13,16). The van der Waals surface area contributed by atoms with Crippen molar-refractivity contribution in [1.82, 2.24) is 10.8 Å². The van der Waals surface area contributed by atoms with Gasteiger partial charge in [-0.05, 0) is 17.7 Å². The smallest absolute Gasteiger partial charge is 0.246 e. The Morgan fingerprint density at radius 1 is 1.33 bits per heavy atom. The average Bonchev–Trinajstić information content (AvgIpc) is 2.40. The van der Waals surface area contributed by atoms with Crippen LogP contribution in [0.4, 0.5) is 5.69 Å². The second-order valence-corrected chi connectivity index (χ2v) is 3.95. The first-order valence-electron chi connectivity index (χ1n) is 5.62. The number of amides is 2. The number of piperazine rings is 1. The molecule has 0 bridgehead atoms. The number of nitrogens with zero attached hydrogens (tertiary/aromatic N) is 1. The third kappa shape index (κ3) is 2.85. The van der Waals surface area contributed by atoms with E-state index in [4.69, 9.17) is 4.84 Å². The van der Waals surface area contributed by atoms with Crippen molar-refractivity contribution < 1.29 is 14.4 Å². The molecule has 18 heavy (non-hydrogen) atoms. The van der Waals surface area contributed by atoms with Crippen LogP contribution in [-0.2, 0) is 21.0 Å². The molecule has 0 aromatic heterocycles. The van der Waals surface area contributed by atoms with E-state index in [1.54, 1.807) is 7.11 Å². The minimum Gasteiger partial charge on any atom is -0.345 e. The van der Waals surface area contributed by atoms with Gasteiger partial charge < -0.3 is 15.1 Å². The molecule has 2 N–H and O–H groups in total. The Bertz CT molecular complexity index is 444. The molecule has 0 unspecified atom stereocenters. The van der Waals surface area contributed by atoms with E-state index in [-0.39, 0.29) is 24.9 Å². The lowest BCUT2D eigenvalue weighted by molar-refractivity contribution is -0.128. The molecule has 96 valence electrons. The Kier molecular flexibility index (Phi) is 3.91. The zero-order chi connectivity index (χ0) is 13.0. The van der Waals surface area contributed by atoms with Gasteiger partial charge in [0.1, 0.15) is 6.54 Å². The number of benzene rings is 1. The molecule has 0 radical (unpaired) electrons. The van der Waals surface area contributed by atoms with Crippen LogP contribution in [0.3, 0.4) is 0 Å². The van der Waals surface area contributed by atoms with Crippen molar-refractivity contribution in [3.8, 4) is 0 Å². The number of hydrogen-bond donors (Lipinski definition) is 2. The Hall–Kier alpha value is -1.92. The van der Waals surface area contributed by atoms with Gasteiger partial charge in [0.15, 0.2) is 0 Å². The third-order valence-electron chi connectivity index (χ3n) is 2.71. The van der Waals surface area contributed by atoms with Gasteiger partial charge in [0.2, 0.25) is 11.8 Å². The fourth-order valence-corrected chi connectivity index (χ4v) is 1.74. The lowest BCUT2D eigenvalue weighted by Crippen LogP contribution is -2.51. The highest BCUT2D eigenvalue weighted by atomic mass is 16.6. The van der Waals surface area contributed by atoms with Gasteiger partial charge in [-0.3, -0.25) is 9.59 Å². The summed E-state index contributed by atoms with van der Waals surface area (Å²) < 4.78 is 0. The summed E-state index contributed by atoms with van der Waals surface area (Å²) in [5, 5.41) is 2.51. The predicted octanol–water partition coefficient (Wildman–Crippen LogP) is -0.200. The Morgan fingerprint density at radius 3 is 2.72 bits per heavy atom. The second kappa shape index (κ2) is 5.61. The lowest BCUT2D eigenvalue weighted by atomic mass is 10.2. The van der Waals surface area contributed by atoms with Crippen molar-refractivity contribution in [3.63, 3.8) is 0 Å². The first-order valence-corrected chi connectivity index (χ1v) is 5.62. The van der Waals surface area contributed by atoms with E-state index in [9.17, 15) is 9.59 Å². The Balaban J connectivity index is 2.08. The van der Waals surface area contributed by atoms with Gasteiger partial charge in [0.05, 0.1) is 13.7 Å². The molecule has 1 heterocycles. The van der Waals surface area contributed by atoms with E-state index < -0.39 is 0 Å². The minimum absolute atomic E-state index is 0.0613. The van der Waals surface area contributed by atoms with E-state index >= 15 is 0 Å². The topological polar surface area (TPSA) is 70.7 Å². The summed E-state index contributed by atoms with van der Waals surface area (Å²) >= 11 is 0. The lowest BCUT2D eigenvalue weighted by Gasteiger charge is -2.26. The van der Waals surface area contributed by atoms with Gasteiger partial charge in [0.25, 0.3) is 0 Å². The zero-order valence-electron chi connectivity index (χ0n) is 10.1. The van der Waals surface area contributed by atoms with Crippen molar-refractivity contribution in [2.24, 2.45) is 0 Å². The molecule has 1 aromatic rings. The van der Waals surface area contributed by atoms with E-state index in [0.29, 0.717) is 6.54 Å². The summed E-state index contributed by atoms with van der Waals surface area (Å²) in [7, 11) is 1.55. The van der Waals surface area contributed by atoms with Crippen LogP contribution in [0.5, 0.6) is 0 Å². The van der Waals surface area contributed by atoms with Crippen LogP contribution in [0.15, 0.2) is 24.3 Å². The maximum Gasteiger partial charge on any atom is 0.246 e. The predicted molar refractivity (Wildman–Crippen MR) is 65.7 cm³/mol. The number of hydrogen-bond acceptors (Lipinski definition) is 4. The maximum atomic E-state index is 11.7. The van der Waals surface area contributed by atoms with Crippen LogP contribution in [-0.4, -0.2) is 32.0 Å². The quantitative estimate of drug-likeness (QED) is 0.725. The van der Waals surface area contributed by atoms with Gasteiger partial charge in [0, 0.05) is 12.2 Å². The first kappa shape index (κ1) is 12.5. The monoisotopic (exact) mass is 249 g/mol. The number of anilines is 1. The van der Waals surface area contributed by atoms with Crippen molar-refractivity contribution in [3.05, 3.63) is 29.8 Å². The van der Waals surface area contributed by atoms with Gasteiger partial charge in [-0.1, -0.05) is 12.1 Å². The number of nitrogens with one attached hydrogen (secondary N) is 2. The van der Waals surface area contributed by atoms with Crippen LogP contribution < -0.4 is 15.7 Å². The van der Waals surface area contributed by atoms with Crippen molar-refractivity contribution >= 4 is 17.5 Å². The van der Waals surface area contributed by atoms with Crippen LogP contribution >= 0.6 is 0 Å². The number of carbonyl (C=O) groups excluding carboxylic acids is 2. The van der Waals surface area contributed by atoms with Crippen LogP contribution in [0, 0.1) is 0 Å². The fourth-order valence-electron chi connectivity index (χ4n) is 1.74. The SMILES string of the molecule is CONCc1ccc(N2CC(=O)NCC2=O)cc1. The van der Waals surface area contributed by atoms with E-state index in [1.807, 2.05) is 24.3 Å². The molecule has 1 aliphatic heterocycles. The molecular formula is C12H15N3O3. The largest absolute Gasteiger partial charge is 0.345 e. The molecule has 6 heteroatoms. The number of carbonyl (C=O) groups is 2. The normalized spacial score (nSPS) is 15.7.